The number of amides is 1. The predicted octanol–water partition coefficient (Wildman–Crippen LogP) is 2.78. The minimum atomic E-state index is -4.84. The number of aromatic nitrogens is 2. The maximum absolute atomic E-state index is 13.5. The van der Waals surface area contributed by atoms with Crippen LogP contribution >= 0.6 is 12.4 Å². The van der Waals surface area contributed by atoms with Gasteiger partial charge in [0.1, 0.15) is 5.56 Å². The van der Waals surface area contributed by atoms with Crippen LogP contribution in [0.4, 0.5) is 18.9 Å². The van der Waals surface area contributed by atoms with Crippen LogP contribution in [-0.4, -0.2) is 34.8 Å². The summed E-state index contributed by atoms with van der Waals surface area (Å²) in [5.74, 6) is -1.48. The number of hydrogen-bond acceptors (Lipinski definition) is 5. The molecule has 1 amide bonds. The molecule has 0 radical (unpaired) electrons. The molecule has 1 aromatic carbocycles. The Hall–Kier alpha value is -2.59. The van der Waals surface area contributed by atoms with Gasteiger partial charge in [0.2, 0.25) is 5.91 Å². The molecule has 27 heavy (non-hydrogen) atoms. The van der Waals surface area contributed by atoms with Crippen molar-refractivity contribution in [2.75, 3.05) is 18.5 Å². The molecule has 0 saturated carbocycles. The Kier molecular flexibility index (Phi) is 7.80. The van der Waals surface area contributed by atoms with Gasteiger partial charge in [0, 0.05) is 18.7 Å². The van der Waals surface area contributed by atoms with Crippen molar-refractivity contribution in [3.8, 4) is 5.69 Å². The summed E-state index contributed by atoms with van der Waals surface area (Å²) in [5.41, 5.74) is 3.66. The van der Waals surface area contributed by atoms with Crippen LogP contribution in [0.15, 0.2) is 30.5 Å². The van der Waals surface area contributed by atoms with Crippen molar-refractivity contribution in [2.24, 2.45) is 5.73 Å². The highest BCUT2D eigenvalue weighted by atomic mass is 35.5. The van der Waals surface area contributed by atoms with Crippen LogP contribution in [0, 0.1) is 0 Å². The lowest BCUT2D eigenvalue weighted by Crippen LogP contribution is -2.19. The summed E-state index contributed by atoms with van der Waals surface area (Å²) < 4.78 is 45.7. The average molecular weight is 407 g/mol. The zero-order valence-corrected chi connectivity index (χ0v) is 15.1. The van der Waals surface area contributed by atoms with Gasteiger partial charge >= 0.3 is 12.1 Å². The Bertz CT molecular complexity index is 808. The molecule has 3 N–H and O–H groups in total. The van der Waals surface area contributed by atoms with Gasteiger partial charge in [0.25, 0.3) is 0 Å². The number of halogens is 4. The van der Waals surface area contributed by atoms with Gasteiger partial charge < -0.3 is 15.8 Å². The third-order valence-corrected chi connectivity index (χ3v) is 3.28. The summed E-state index contributed by atoms with van der Waals surface area (Å²) in [6, 6.07) is 5.65. The first-order valence-electron chi connectivity index (χ1n) is 7.70. The van der Waals surface area contributed by atoms with Crippen molar-refractivity contribution in [3.63, 3.8) is 0 Å². The van der Waals surface area contributed by atoms with Gasteiger partial charge in [0.05, 0.1) is 18.5 Å². The lowest BCUT2D eigenvalue weighted by molar-refractivity contribution is -0.143. The van der Waals surface area contributed by atoms with E-state index in [0.717, 1.165) is 6.20 Å². The molecule has 0 bridgehead atoms. The molecule has 2 aromatic rings. The van der Waals surface area contributed by atoms with Crippen molar-refractivity contribution in [3.05, 3.63) is 41.7 Å². The lowest BCUT2D eigenvalue weighted by Gasteiger charge is -2.13. The molecule has 0 spiro atoms. The van der Waals surface area contributed by atoms with Gasteiger partial charge in [-0.1, -0.05) is 6.07 Å². The largest absolute Gasteiger partial charge is 0.462 e. The number of benzene rings is 1. The summed E-state index contributed by atoms with van der Waals surface area (Å²) in [4.78, 5) is 23.4. The third-order valence-electron chi connectivity index (χ3n) is 3.28. The van der Waals surface area contributed by atoms with Crippen LogP contribution in [-0.2, 0) is 15.7 Å². The summed E-state index contributed by atoms with van der Waals surface area (Å²) in [5, 5.41) is 6.20. The van der Waals surface area contributed by atoms with Crippen molar-refractivity contribution < 1.29 is 27.5 Å². The van der Waals surface area contributed by atoms with Crippen LogP contribution in [0.5, 0.6) is 0 Å². The standard InChI is InChI=1S/C16H17F3N4O3.ClH/c1-2-26-15(25)12-9-21-23(14(12)16(17,18)19)11-5-3-4-10(8-11)22-13(24)6-7-20;/h3-5,8-9H,2,6-7,20H2,1H3,(H,22,24);1H. The molecule has 0 fully saturated rings. The smallest absolute Gasteiger partial charge is 0.434 e. The topological polar surface area (TPSA) is 99.2 Å². The molecule has 0 unspecified atom stereocenters. The summed E-state index contributed by atoms with van der Waals surface area (Å²) in [7, 11) is 0. The van der Waals surface area contributed by atoms with E-state index in [1.807, 2.05) is 0 Å². The fraction of sp³-hybridized carbons (Fsp3) is 0.312. The normalized spacial score (nSPS) is 10.9. The van der Waals surface area contributed by atoms with Crippen LogP contribution in [0.1, 0.15) is 29.4 Å². The predicted molar refractivity (Wildman–Crippen MR) is 94.1 cm³/mol. The molecule has 148 valence electrons. The van der Waals surface area contributed by atoms with Crippen LogP contribution in [0.2, 0.25) is 0 Å². The molecule has 0 aliphatic carbocycles. The quantitative estimate of drug-likeness (QED) is 0.719. The summed E-state index contributed by atoms with van der Waals surface area (Å²) in [6.07, 6.45) is -3.95. The van der Waals surface area contributed by atoms with Gasteiger partial charge in [-0.25, -0.2) is 9.48 Å². The Morgan fingerprint density at radius 1 is 1.33 bits per heavy atom. The van der Waals surface area contributed by atoms with Crippen molar-refractivity contribution in [1.82, 2.24) is 9.78 Å². The van der Waals surface area contributed by atoms with Gasteiger partial charge in [-0.05, 0) is 25.1 Å². The van der Waals surface area contributed by atoms with Crippen LogP contribution < -0.4 is 11.1 Å². The summed E-state index contributed by atoms with van der Waals surface area (Å²) in [6.45, 7) is 1.57. The number of anilines is 1. The molecule has 2 rings (SSSR count). The molecule has 1 aromatic heterocycles. The second-order valence-electron chi connectivity index (χ2n) is 5.17. The number of hydrogen-bond donors (Lipinski definition) is 2. The molecule has 0 aliphatic rings. The molecular weight excluding hydrogens is 389 g/mol. The van der Waals surface area contributed by atoms with Crippen molar-refractivity contribution in [1.29, 1.82) is 0 Å². The molecule has 0 atom stereocenters. The zero-order valence-electron chi connectivity index (χ0n) is 14.2. The van der Waals surface area contributed by atoms with E-state index in [4.69, 9.17) is 5.73 Å². The van der Waals surface area contributed by atoms with E-state index in [1.165, 1.54) is 31.2 Å². The van der Waals surface area contributed by atoms with E-state index in [0.29, 0.717) is 4.68 Å². The first-order valence-corrected chi connectivity index (χ1v) is 7.70. The number of carbonyl (C=O) groups is 2. The fourth-order valence-electron chi connectivity index (χ4n) is 2.25. The van der Waals surface area contributed by atoms with E-state index in [9.17, 15) is 22.8 Å². The molecule has 0 saturated heterocycles. The van der Waals surface area contributed by atoms with Gasteiger partial charge in [-0.3, -0.25) is 4.79 Å². The number of nitrogens with zero attached hydrogens (tertiary/aromatic N) is 2. The van der Waals surface area contributed by atoms with Gasteiger partial charge in [0.15, 0.2) is 5.69 Å². The number of nitrogens with two attached hydrogens (primary N) is 1. The molecule has 1 heterocycles. The fourth-order valence-corrected chi connectivity index (χ4v) is 2.25. The zero-order chi connectivity index (χ0) is 19.3. The van der Waals surface area contributed by atoms with Crippen molar-refractivity contribution in [2.45, 2.75) is 19.5 Å². The molecular formula is C16H18ClF3N4O3. The minimum absolute atomic E-state index is 0. The SMILES string of the molecule is CCOC(=O)c1cnn(-c2cccc(NC(=O)CCN)c2)c1C(F)(F)F.Cl. The van der Waals surface area contributed by atoms with E-state index < -0.39 is 23.4 Å². The number of carbonyl (C=O) groups excluding carboxylic acids is 2. The van der Waals surface area contributed by atoms with Gasteiger partial charge in [-0.2, -0.15) is 18.3 Å². The number of nitrogens with one attached hydrogen (secondary N) is 1. The summed E-state index contributed by atoms with van der Waals surface area (Å²) >= 11 is 0. The Morgan fingerprint density at radius 2 is 2.04 bits per heavy atom. The second-order valence-corrected chi connectivity index (χ2v) is 5.17. The van der Waals surface area contributed by atoms with E-state index >= 15 is 0 Å². The Labute approximate surface area is 159 Å². The second kappa shape index (κ2) is 9.38. The third kappa shape index (κ3) is 5.44. The van der Waals surface area contributed by atoms with Crippen LogP contribution in [0.3, 0.4) is 0 Å². The highest BCUT2D eigenvalue weighted by Crippen LogP contribution is 2.34. The van der Waals surface area contributed by atoms with E-state index in [2.05, 4.69) is 15.2 Å². The highest BCUT2D eigenvalue weighted by Gasteiger charge is 2.41. The molecule has 0 aliphatic heterocycles. The van der Waals surface area contributed by atoms with E-state index in [1.54, 1.807) is 0 Å². The molecule has 11 heteroatoms. The number of ether oxygens (including phenoxy) is 1. The number of alkyl halides is 3. The first kappa shape index (κ1) is 22.5. The maximum Gasteiger partial charge on any atom is 0.434 e. The Morgan fingerprint density at radius 3 is 2.63 bits per heavy atom. The maximum atomic E-state index is 13.5. The van der Waals surface area contributed by atoms with Crippen LogP contribution in [0.25, 0.3) is 5.69 Å². The molecule has 7 nitrogen and oxygen atoms in total. The van der Waals surface area contributed by atoms with Crippen molar-refractivity contribution >= 4 is 30.0 Å². The first-order chi connectivity index (χ1) is 12.3. The number of esters is 1. The lowest BCUT2D eigenvalue weighted by atomic mass is 10.2. The van der Waals surface area contributed by atoms with Gasteiger partial charge in [-0.15, -0.1) is 12.4 Å². The number of rotatable bonds is 6. The highest BCUT2D eigenvalue weighted by molar-refractivity contribution is 5.92. The van der Waals surface area contributed by atoms with E-state index in [-0.39, 0.29) is 49.3 Å². The minimum Gasteiger partial charge on any atom is -0.462 e. The Balaban J connectivity index is 0.00000364. The monoisotopic (exact) mass is 406 g/mol. The average Bonchev–Trinajstić information content (AvgIpc) is 3.01.